The van der Waals surface area contributed by atoms with Crippen molar-refractivity contribution < 1.29 is 9.59 Å². The molecule has 1 aromatic rings. The van der Waals surface area contributed by atoms with E-state index >= 15 is 0 Å². The maximum Gasteiger partial charge on any atom is 0.241 e. The second-order valence-electron chi connectivity index (χ2n) is 4.65. The number of rotatable bonds is 6. The van der Waals surface area contributed by atoms with Gasteiger partial charge in [-0.05, 0) is 19.4 Å². The topological polar surface area (TPSA) is 84.2 Å². The van der Waals surface area contributed by atoms with Gasteiger partial charge in [0.15, 0.2) is 0 Å². The molecule has 6 heteroatoms. The van der Waals surface area contributed by atoms with Gasteiger partial charge in [-0.2, -0.15) is 0 Å². The number of nitrogens with two attached hydrogens (primary N) is 1. The number of hydrogen-bond acceptors (Lipinski definition) is 3. The highest BCUT2D eigenvalue weighted by Gasteiger charge is 2.15. The first-order valence-corrected chi connectivity index (χ1v) is 6.38. The predicted octanol–water partition coefficient (Wildman–Crippen LogP) is 1.14. The van der Waals surface area contributed by atoms with E-state index < -0.39 is 6.04 Å². The van der Waals surface area contributed by atoms with Crippen molar-refractivity contribution in [1.29, 1.82) is 0 Å². The number of nitrogens with one attached hydrogen (secondary N) is 2. The van der Waals surface area contributed by atoms with Crippen LogP contribution in [0.3, 0.4) is 0 Å². The Bertz CT molecular complexity index is 424. The lowest BCUT2D eigenvalue weighted by molar-refractivity contribution is -0.123. The zero-order valence-electron chi connectivity index (χ0n) is 11.8. The van der Waals surface area contributed by atoms with Crippen LogP contribution in [0.2, 0.25) is 0 Å². The minimum absolute atomic E-state index is 0. The average molecular weight is 300 g/mol. The summed E-state index contributed by atoms with van der Waals surface area (Å²) in [6.07, 6.45) is 0.255. The summed E-state index contributed by atoms with van der Waals surface area (Å²) in [7, 11) is 0. The summed E-state index contributed by atoms with van der Waals surface area (Å²) >= 11 is 0. The summed E-state index contributed by atoms with van der Waals surface area (Å²) < 4.78 is 0. The van der Waals surface area contributed by atoms with Crippen LogP contribution in [0.5, 0.6) is 0 Å². The number of carbonyl (C=O) groups excluding carboxylic acids is 2. The lowest BCUT2D eigenvalue weighted by atomic mass is 10.1. The third-order valence-electron chi connectivity index (χ3n) is 2.54. The van der Waals surface area contributed by atoms with Gasteiger partial charge in [-0.25, -0.2) is 0 Å². The van der Waals surface area contributed by atoms with Gasteiger partial charge in [0.1, 0.15) is 6.04 Å². The molecule has 0 aromatic heterocycles. The van der Waals surface area contributed by atoms with Gasteiger partial charge in [-0.3, -0.25) is 9.59 Å². The second kappa shape index (κ2) is 9.34. The number of carbonyl (C=O) groups is 2. The van der Waals surface area contributed by atoms with Crippen molar-refractivity contribution in [1.82, 2.24) is 10.6 Å². The van der Waals surface area contributed by atoms with E-state index in [0.717, 1.165) is 5.56 Å². The van der Waals surface area contributed by atoms with Crippen LogP contribution in [0.25, 0.3) is 0 Å². The van der Waals surface area contributed by atoms with Gasteiger partial charge in [0.05, 0.1) is 0 Å². The van der Waals surface area contributed by atoms with E-state index in [9.17, 15) is 9.59 Å². The molecule has 1 rings (SSSR count). The van der Waals surface area contributed by atoms with E-state index in [2.05, 4.69) is 10.6 Å². The maximum atomic E-state index is 11.8. The fourth-order valence-corrected chi connectivity index (χ4v) is 1.62. The lowest BCUT2D eigenvalue weighted by Crippen LogP contribution is -2.37. The molecular weight excluding hydrogens is 278 g/mol. The summed E-state index contributed by atoms with van der Waals surface area (Å²) in [4.78, 5) is 23.2. The van der Waals surface area contributed by atoms with Crippen molar-refractivity contribution in [2.75, 3.05) is 6.54 Å². The zero-order valence-corrected chi connectivity index (χ0v) is 12.6. The van der Waals surface area contributed by atoms with Crippen LogP contribution in [0.4, 0.5) is 0 Å². The molecule has 0 aliphatic heterocycles. The van der Waals surface area contributed by atoms with Crippen molar-refractivity contribution in [3.63, 3.8) is 0 Å². The number of halogens is 1. The van der Waals surface area contributed by atoms with Crippen LogP contribution in [0.15, 0.2) is 30.3 Å². The first kappa shape index (κ1) is 18.4. The largest absolute Gasteiger partial charge is 0.354 e. The van der Waals surface area contributed by atoms with Crippen molar-refractivity contribution in [3.8, 4) is 0 Å². The molecule has 0 saturated carbocycles. The Balaban J connectivity index is 0.00000361. The normalized spacial score (nSPS) is 11.4. The smallest absolute Gasteiger partial charge is 0.241 e. The molecule has 4 N–H and O–H groups in total. The SMILES string of the molecule is CC(C)NC(=O)CCNC(=O)C(N)c1ccccc1.Cl. The molecule has 0 heterocycles. The Morgan fingerprint density at radius 2 is 1.80 bits per heavy atom. The van der Waals surface area contributed by atoms with Crippen molar-refractivity contribution in [2.24, 2.45) is 5.73 Å². The van der Waals surface area contributed by atoms with Gasteiger partial charge in [0.25, 0.3) is 0 Å². The maximum absolute atomic E-state index is 11.8. The lowest BCUT2D eigenvalue weighted by Gasteiger charge is -2.13. The zero-order chi connectivity index (χ0) is 14.3. The van der Waals surface area contributed by atoms with E-state index in [-0.39, 0.29) is 43.2 Å². The summed E-state index contributed by atoms with van der Waals surface area (Å²) in [6, 6.07) is 8.54. The molecule has 0 aliphatic rings. The van der Waals surface area contributed by atoms with Crippen LogP contribution in [0.1, 0.15) is 31.9 Å². The van der Waals surface area contributed by atoms with Crippen molar-refractivity contribution in [3.05, 3.63) is 35.9 Å². The monoisotopic (exact) mass is 299 g/mol. The number of amides is 2. The number of benzene rings is 1. The predicted molar refractivity (Wildman–Crippen MR) is 81.5 cm³/mol. The molecule has 1 aromatic carbocycles. The standard InChI is InChI=1S/C14H21N3O2.ClH/c1-10(2)17-12(18)8-9-16-14(19)13(15)11-6-4-3-5-7-11;/h3-7,10,13H,8-9,15H2,1-2H3,(H,16,19)(H,17,18);1H. The summed E-state index contributed by atoms with van der Waals surface area (Å²) in [5, 5.41) is 5.42. The van der Waals surface area contributed by atoms with Gasteiger partial charge in [0, 0.05) is 19.0 Å². The Hall–Kier alpha value is -1.59. The van der Waals surface area contributed by atoms with Crippen LogP contribution in [-0.2, 0) is 9.59 Å². The summed E-state index contributed by atoms with van der Waals surface area (Å²) in [5.74, 6) is -0.355. The van der Waals surface area contributed by atoms with Gasteiger partial charge in [-0.1, -0.05) is 30.3 Å². The molecule has 0 aliphatic carbocycles. The molecule has 0 spiro atoms. The van der Waals surface area contributed by atoms with E-state index in [1.54, 1.807) is 12.1 Å². The van der Waals surface area contributed by atoms with Crippen LogP contribution in [0, 0.1) is 0 Å². The molecule has 0 radical (unpaired) electrons. The van der Waals surface area contributed by atoms with E-state index in [1.807, 2.05) is 32.0 Å². The molecular formula is C14H22ClN3O2. The van der Waals surface area contributed by atoms with Crippen LogP contribution < -0.4 is 16.4 Å². The molecule has 0 fully saturated rings. The summed E-state index contributed by atoms with van der Waals surface area (Å²) in [6.45, 7) is 4.07. The van der Waals surface area contributed by atoms with Gasteiger partial charge >= 0.3 is 0 Å². The highest BCUT2D eigenvalue weighted by Crippen LogP contribution is 2.08. The molecule has 5 nitrogen and oxygen atoms in total. The minimum Gasteiger partial charge on any atom is -0.354 e. The van der Waals surface area contributed by atoms with Crippen LogP contribution in [-0.4, -0.2) is 24.4 Å². The highest BCUT2D eigenvalue weighted by atomic mass is 35.5. The fourth-order valence-electron chi connectivity index (χ4n) is 1.62. The molecule has 112 valence electrons. The first-order chi connectivity index (χ1) is 9.00. The highest BCUT2D eigenvalue weighted by molar-refractivity contribution is 5.85. The Morgan fingerprint density at radius 3 is 2.35 bits per heavy atom. The minimum atomic E-state index is -0.700. The molecule has 0 saturated heterocycles. The van der Waals surface area contributed by atoms with Crippen molar-refractivity contribution in [2.45, 2.75) is 32.4 Å². The number of hydrogen-bond donors (Lipinski definition) is 3. The fraction of sp³-hybridized carbons (Fsp3) is 0.429. The molecule has 0 bridgehead atoms. The molecule has 2 amide bonds. The third kappa shape index (κ3) is 6.54. The van der Waals surface area contributed by atoms with E-state index in [0.29, 0.717) is 0 Å². The van der Waals surface area contributed by atoms with Crippen molar-refractivity contribution >= 4 is 24.2 Å². The van der Waals surface area contributed by atoms with E-state index in [4.69, 9.17) is 5.73 Å². The van der Waals surface area contributed by atoms with Gasteiger partial charge in [-0.15, -0.1) is 12.4 Å². The quantitative estimate of drug-likeness (QED) is 0.736. The van der Waals surface area contributed by atoms with E-state index in [1.165, 1.54) is 0 Å². The van der Waals surface area contributed by atoms with Crippen LogP contribution >= 0.6 is 12.4 Å². The Kier molecular flexibility index (Phi) is 8.59. The Labute approximate surface area is 125 Å². The third-order valence-corrected chi connectivity index (χ3v) is 2.54. The first-order valence-electron chi connectivity index (χ1n) is 6.38. The van der Waals surface area contributed by atoms with Gasteiger partial charge < -0.3 is 16.4 Å². The summed E-state index contributed by atoms with van der Waals surface area (Å²) in [5.41, 5.74) is 6.58. The molecule has 1 unspecified atom stereocenters. The average Bonchev–Trinajstić information content (AvgIpc) is 2.37. The second-order valence-corrected chi connectivity index (χ2v) is 4.65. The molecule has 20 heavy (non-hydrogen) atoms. The van der Waals surface area contributed by atoms with Gasteiger partial charge in [0.2, 0.25) is 11.8 Å². The Morgan fingerprint density at radius 1 is 1.20 bits per heavy atom. The molecule has 1 atom stereocenters.